The van der Waals surface area contributed by atoms with E-state index in [4.69, 9.17) is 0 Å². The number of rotatable bonds is 2. The topological polar surface area (TPSA) is 15.3 Å². The van der Waals surface area contributed by atoms with Crippen molar-refractivity contribution >= 4 is 27.5 Å². The Bertz CT molecular complexity index is 736. The number of hydrogen-bond acceptors (Lipinski definition) is 3. The first kappa shape index (κ1) is 14.0. The number of nitrogens with one attached hydrogen (secondary N) is 1. The number of thiophene rings is 1. The summed E-state index contributed by atoms with van der Waals surface area (Å²) < 4.78 is 1.29. The third-order valence-electron chi connectivity index (χ3n) is 4.32. The Kier molecular flexibility index (Phi) is 3.18. The van der Waals surface area contributed by atoms with Crippen molar-refractivity contribution in [3.63, 3.8) is 0 Å². The molecule has 0 unspecified atom stereocenters. The molecule has 21 heavy (non-hydrogen) atoms. The maximum atomic E-state index is 4.16. The lowest BCUT2D eigenvalue weighted by atomic mass is 9.85. The van der Waals surface area contributed by atoms with E-state index in [2.05, 4.69) is 55.6 Å². The second-order valence-corrected chi connectivity index (χ2v) is 6.72. The fraction of sp³-hybridized carbons (Fsp3) is 0.222. The number of benzene rings is 1. The van der Waals surface area contributed by atoms with Crippen LogP contribution in [0.25, 0.3) is 16.2 Å². The molecular weight excluding hydrogens is 276 g/mol. The minimum atomic E-state index is -0.171. The van der Waals surface area contributed by atoms with Crippen molar-refractivity contribution in [1.82, 2.24) is 10.2 Å². The largest absolute Gasteiger partial charge is 0.362 e. The molecule has 0 spiro atoms. The third-order valence-corrected chi connectivity index (χ3v) is 5.30. The zero-order chi connectivity index (χ0) is 15.2. The lowest BCUT2D eigenvalue weighted by Gasteiger charge is -2.43. The van der Waals surface area contributed by atoms with Gasteiger partial charge in [0.2, 0.25) is 0 Å². The molecule has 1 atom stereocenters. The van der Waals surface area contributed by atoms with Crippen molar-refractivity contribution < 1.29 is 0 Å². The van der Waals surface area contributed by atoms with Gasteiger partial charge in [0.25, 0.3) is 0 Å². The summed E-state index contributed by atoms with van der Waals surface area (Å²) in [5.74, 6) is 0.892. The van der Waals surface area contributed by atoms with Crippen LogP contribution < -0.4 is 5.32 Å². The van der Waals surface area contributed by atoms with Gasteiger partial charge >= 0.3 is 0 Å². The van der Waals surface area contributed by atoms with E-state index < -0.39 is 0 Å². The second kappa shape index (κ2) is 4.78. The van der Waals surface area contributed by atoms with Gasteiger partial charge in [-0.3, -0.25) is 0 Å². The monoisotopic (exact) mass is 296 g/mol. The SMILES string of the molecule is C=Cc1csc2ccc([C@]3(C)CC(=C)N(C)C(=C)N3)cc12. The molecule has 2 aromatic rings. The highest BCUT2D eigenvalue weighted by Crippen LogP contribution is 2.37. The lowest BCUT2D eigenvalue weighted by Crippen LogP contribution is -2.48. The van der Waals surface area contributed by atoms with Crippen LogP contribution in [0.1, 0.15) is 24.5 Å². The summed E-state index contributed by atoms with van der Waals surface area (Å²) in [4.78, 5) is 2.01. The molecule has 1 saturated heterocycles. The van der Waals surface area contributed by atoms with Crippen LogP contribution in [0.3, 0.4) is 0 Å². The predicted molar refractivity (Wildman–Crippen MR) is 93.1 cm³/mol. The first-order valence-corrected chi connectivity index (χ1v) is 7.85. The van der Waals surface area contributed by atoms with Crippen molar-refractivity contribution in [2.45, 2.75) is 18.9 Å². The molecule has 0 saturated carbocycles. The van der Waals surface area contributed by atoms with Crippen LogP contribution >= 0.6 is 11.3 Å². The van der Waals surface area contributed by atoms with E-state index in [0.29, 0.717) is 0 Å². The molecule has 1 aromatic heterocycles. The van der Waals surface area contributed by atoms with E-state index >= 15 is 0 Å². The smallest absolute Gasteiger partial charge is 0.0985 e. The van der Waals surface area contributed by atoms with Gasteiger partial charge in [0, 0.05) is 29.3 Å². The average Bonchev–Trinajstić information content (AvgIpc) is 2.86. The van der Waals surface area contributed by atoms with Crippen LogP contribution in [0, 0.1) is 0 Å². The standard InChI is InChI=1S/C18H20N2S/c1-6-14-11-21-17-8-7-15(9-16(14)17)18(4)10-12(2)20(5)13(3)19-18/h6-9,11,19H,1-3,10H2,4-5H3/t18-/m0/s1. The van der Waals surface area contributed by atoms with Crippen LogP contribution in [-0.4, -0.2) is 11.9 Å². The zero-order valence-electron chi connectivity index (χ0n) is 12.6. The Morgan fingerprint density at radius 3 is 2.81 bits per heavy atom. The summed E-state index contributed by atoms with van der Waals surface area (Å²) in [6.45, 7) is 14.4. The molecule has 0 aliphatic carbocycles. The summed E-state index contributed by atoms with van der Waals surface area (Å²) in [7, 11) is 2.00. The molecule has 0 bridgehead atoms. The van der Waals surface area contributed by atoms with Gasteiger partial charge in [0.1, 0.15) is 0 Å². The minimum Gasteiger partial charge on any atom is -0.362 e. The van der Waals surface area contributed by atoms with Crippen molar-refractivity contribution in [2.75, 3.05) is 7.05 Å². The van der Waals surface area contributed by atoms with Gasteiger partial charge in [-0.2, -0.15) is 0 Å². The molecular formula is C18H20N2S. The van der Waals surface area contributed by atoms with Crippen molar-refractivity contribution in [2.24, 2.45) is 0 Å². The van der Waals surface area contributed by atoms with E-state index in [1.165, 1.54) is 21.2 Å². The Morgan fingerprint density at radius 1 is 1.38 bits per heavy atom. The van der Waals surface area contributed by atoms with E-state index in [-0.39, 0.29) is 5.54 Å². The highest BCUT2D eigenvalue weighted by molar-refractivity contribution is 7.17. The first-order chi connectivity index (χ1) is 9.94. The Labute approximate surface area is 130 Å². The van der Waals surface area contributed by atoms with Crippen LogP contribution in [-0.2, 0) is 5.54 Å². The summed E-state index contributed by atoms with van der Waals surface area (Å²) in [5.41, 5.74) is 3.36. The summed E-state index contributed by atoms with van der Waals surface area (Å²) in [5, 5.41) is 6.96. The van der Waals surface area contributed by atoms with Crippen LogP contribution in [0.4, 0.5) is 0 Å². The molecule has 0 amide bonds. The summed E-state index contributed by atoms with van der Waals surface area (Å²) >= 11 is 1.76. The quantitative estimate of drug-likeness (QED) is 0.866. The molecule has 1 fully saturated rings. The number of nitrogens with zero attached hydrogens (tertiary/aromatic N) is 1. The van der Waals surface area contributed by atoms with E-state index in [1.807, 2.05) is 18.0 Å². The van der Waals surface area contributed by atoms with Crippen molar-refractivity contribution in [3.8, 4) is 0 Å². The molecule has 3 heteroatoms. The molecule has 0 radical (unpaired) electrons. The Balaban J connectivity index is 2.08. The molecule has 2 heterocycles. The molecule has 1 N–H and O–H groups in total. The minimum absolute atomic E-state index is 0.171. The highest BCUT2D eigenvalue weighted by atomic mass is 32.1. The highest BCUT2D eigenvalue weighted by Gasteiger charge is 2.34. The predicted octanol–water partition coefficient (Wildman–Crippen LogP) is 4.67. The second-order valence-electron chi connectivity index (χ2n) is 5.81. The lowest BCUT2D eigenvalue weighted by molar-refractivity contribution is 0.268. The first-order valence-electron chi connectivity index (χ1n) is 6.97. The molecule has 3 rings (SSSR count). The maximum Gasteiger partial charge on any atom is 0.0985 e. The fourth-order valence-electron chi connectivity index (χ4n) is 2.89. The molecule has 1 aliphatic heterocycles. The van der Waals surface area contributed by atoms with Gasteiger partial charge in [-0.25, -0.2) is 0 Å². The summed E-state index contributed by atoms with van der Waals surface area (Å²) in [6.07, 6.45) is 2.78. The molecule has 2 nitrogen and oxygen atoms in total. The number of hydrogen-bond donors (Lipinski definition) is 1. The molecule has 108 valence electrons. The van der Waals surface area contributed by atoms with Crippen LogP contribution in [0.5, 0.6) is 0 Å². The van der Waals surface area contributed by atoms with Gasteiger partial charge < -0.3 is 10.2 Å². The molecule has 1 aliphatic rings. The van der Waals surface area contributed by atoms with Crippen LogP contribution in [0.2, 0.25) is 0 Å². The average molecular weight is 296 g/mol. The van der Waals surface area contributed by atoms with Crippen LogP contribution in [0.15, 0.2) is 54.8 Å². The molecule has 1 aromatic carbocycles. The van der Waals surface area contributed by atoms with Crippen molar-refractivity contribution in [1.29, 1.82) is 0 Å². The van der Waals surface area contributed by atoms with E-state index in [0.717, 1.165) is 17.9 Å². The van der Waals surface area contributed by atoms with Gasteiger partial charge in [-0.15, -0.1) is 11.3 Å². The third kappa shape index (κ3) is 2.18. The van der Waals surface area contributed by atoms with Gasteiger partial charge in [0.15, 0.2) is 0 Å². The van der Waals surface area contributed by atoms with Gasteiger partial charge in [-0.1, -0.05) is 31.9 Å². The van der Waals surface area contributed by atoms with Crippen molar-refractivity contribution in [3.05, 3.63) is 66.0 Å². The van der Waals surface area contributed by atoms with E-state index in [9.17, 15) is 0 Å². The Morgan fingerprint density at radius 2 is 2.14 bits per heavy atom. The maximum absolute atomic E-state index is 4.16. The van der Waals surface area contributed by atoms with E-state index in [1.54, 1.807) is 11.3 Å². The van der Waals surface area contributed by atoms with Gasteiger partial charge in [-0.05, 0) is 35.6 Å². The number of fused-ring (bicyclic) bond motifs is 1. The Hall–Kier alpha value is -2.00. The fourth-order valence-corrected chi connectivity index (χ4v) is 3.82. The van der Waals surface area contributed by atoms with Gasteiger partial charge in [0.05, 0.1) is 11.4 Å². The zero-order valence-corrected chi connectivity index (χ0v) is 13.4. The summed E-state index contributed by atoms with van der Waals surface area (Å²) in [6, 6.07) is 6.66. The normalized spacial score (nSPS) is 22.5.